The van der Waals surface area contributed by atoms with Crippen molar-refractivity contribution >= 4 is 17.5 Å². The Bertz CT molecular complexity index is 981. The van der Waals surface area contributed by atoms with Gasteiger partial charge in [-0.2, -0.15) is 15.3 Å². The van der Waals surface area contributed by atoms with Crippen LogP contribution in [-0.2, 0) is 27.2 Å². The van der Waals surface area contributed by atoms with E-state index in [9.17, 15) is 9.59 Å². The maximum absolute atomic E-state index is 12.6. The molecule has 142 valence electrons. The first kappa shape index (κ1) is 18.4. The van der Waals surface area contributed by atoms with Gasteiger partial charge >= 0.3 is 0 Å². The summed E-state index contributed by atoms with van der Waals surface area (Å²) in [7, 11) is 3.46. The molecule has 0 spiro atoms. The normalized spacial score (nSPS) is 10.8. The minimum atomic E-state index is -0.338. The summed E-state index contributed by atoms with van der Waals surface area (Å²) in [5, 5.41) is 17.9. The van der Waals surface area contributed by atoms with Crippen LogP contribution < -0.4 is 10.6 Å². The number of aromatic nitrogens is 6. The van der Waals surface area contributed by atoms with Crippen molar-refractivity contribution in [2.75, 3.05) is 5.32 Å². The molecular weight excluding hydrogens is 348 g/mol. The van der Waals surface area contributed by atoms with Crippen LogP contribution in [0.4, 0.5) is 5.69 Å². The van der Waals surface area contributed by atoms with Crippen molar-refractivity contribution in [3.63, 3.8) is 0 Å². The van der Waals surface area contributed by atoms with Crippen LogP contribution in [0.5, 0.6) is 0 Å². The summed E-state index contributed by atoms with van der Waals surface area (Å²) in [5.74, 6) is -0.670. The Kier molecular flexibility index (Phi) is 5.06. The zero-order valence-corrected chi connectivity index (χ0v) is 15.7. The van der Waals surface area contributed by atoms with Gasteiger partial charge in [-0.1, -0.05) is 0 Å². The van der Waals surface area contributed by atoms with Gasteiger partial charge in [0.1, 0.15) is 5.69 Å². The third-order valence-electron chi connectivity index (χ3n) is 4.26. The molecule has 0 aliphatic rings. The molecule has 0 aliphatic carbocycles. The van der Waals surface area contributed by atoms with Crippen LogP contribution in [0.25, 0.3) is 0 Å². The molecule has 2 N–H and O–H groups in total. The first-order chi connectivity index (χ1) is 12.9. The Hall–Kier alpha value is -3.43. The smallest absolute Gasteiger partial charge is 0.271 e. The van der Waals surface area contributed by atoms with Crippen molar-refractivity contribution in [2.45, 2.75) is 26.9 Å². The Labute approximate surface area is 156 Å². The fourth-order valence-corrected chi connectivity index (χ4v) is 2.81. The Morgan fingerprint density at radius 3 is 2.48 bits per heavy atom. The summed E-state index contributed by atoms with van der Waals surface area (Å²) < 4.78 is 4.83. The molecule has 0 aliphatic heterocycles. The zero-order valence-electron chi connectivity index (χ0n) is 15.7. The molecule has 0 saturated heterocycles. The van der Waals surface area contributed by atoms with Gasteiger partial charge < -0.3 is 10.6 Å². The number of hydrogen-bond acceptors (Lipinski definition) is 5. The Morgan fingerprint density at radius 1 is 1.07 bits per heavy atom. The standard InChI is InChI=1S/C17H22N8O2/c1-5-25-11(2)13(8-21-25)16(26)22-14-9-20-24(4)15(14)17(27)18-6-12-7-19-23(3)10-12/h7-10H,5-6H2,1-4H3,(H,18,27)(H,22,26). The molecule has 3 rings (SSSR count). The number of nitrogens with zero attached hydrogens (tertiary/aromatic N) is 6. The van der Waals surface area contributed by atoms with Crippen molar-refractivity contribution < 1.29 is 9.59 Å². The number of nitrogens with one attached hydrogen (secondary N) is 2. The molecule has 0 radical (unpaired) electrons. The van der Waals surface area contributed by atoms with Crippen molar-refractivity contribution in [1.82, 2.24) is 34.7 Å². The van der Waals surface area contributed by atoms with E-state index in [1.54, 1.807) is 22.6 Å². The van der Waals surface area contributed by atoms with Crippen molar-refractivity contribution in [1.29, 1.82) is 0 Å². The van der Waals surface area contributed by atoms with Crippen LogP contribution in [0, 0.1) is 6.92 Å². The van der Waals surface area contributed by atoms with Gasteiger partial charge in [0, 0.05) is 44.6 Å². The lowest BCUT2D eigenvalue weighted by Gasteiger charge is -2.08. The molecule has 3 aromatic rings. The van der Waals surface area contributed by atoms with Gasteiger partial charge in [-0.25, -0.2) is 0 Å². The Morgan fingerprint density at radius 2 is 1.85 bits per heavy atom. The highest BCUT2D eigenvalue weighted by Crippen LogP contribution is 2.17. The largest absolute Gasteiger partial charge is 0.346 e. The van der Waals surface area contributed by atoms with Crippen LogP contribution in [0.3, 0.4) is 0 Å². The van der Waals surface area contributed by atoms with Gasteiger partial charge in [0.05, 0.1) is 29.8 Å². The number of anilines is 1. The first-order valence-corrected chi connectivity index (χ1v) is 8.52. The van der Waals surface area contributed by atoms with Crippen LogP contribution in [0.15, 0.2) is 24.8 Å². The molecule has 0 fully saturated rings. The van der Waals surface area contributed by atoms with E-state index >= 15 is 0 Å². The highest BCUT2D eigenvalue weighted by atomic mass is 16.2. The molecule has 0 bridgehead atoms. The number of hydrogen-bond donors (Lipinski definition) is 2. The third-order valence-corrected chi connectivity index (χ3v) is 4.26. The lowest BCUT2D eigenvalue weighted by Crippen LogP contribution is -2.26. The highest BCUT2D eigenvalue weighted by molar-refractivity contribution is 6.08. The average molecular weight is 370 g/mol. The molecule has 0 saturated carbocycles. The van der Waals surface area contributed by atoms with Crippen molar-refractivity contribution in [3.8, 4) is 0 Å². The quantitative estimate of drug-likeness (QED) is 0.668. The highest BCUT2D eigenvalue weighted by Gasteiger charge is 2.21. The molecule has 3 aromatic heterocycles. The lowest BCUT2D eigenvalue weighted by molar-refractivity contribution is 0.0942. The summed E-state index contributed by atoms with van der Waals surface area (Å²) in [5.41, 5.74) is 2.72. The van der Waals surface area contributed by atoms with Crippen molar-refractivity contribution in [3.05, 3.63) is 47.3 Å². The number of rotatable bonds is 6. The lowest BCUT2D eigenvalue weighted by atomic mass is 10.2. The molecule has 27 heavy (non-hydrogen) atoms. The fraction of sp³-hybridized carbons (Fsp3) is 0.353. The summed E-state index contributed by atoms with van der Waals surface area (Å²) in [4.78, 5) is 25.2. The minimum absolute atomic E-state index is 0.271. The van der Waals surface area contributed by atoms with E-state index in [0.717, 1.165) is 11.3 Å². The van der Waals surface area contributed by atoms with E-state index in [-0.39, 0.29) is 17.5 Å². The summed E-state index contributed by atoms with van der Waals surface area (Å²) in [6.07, 6.45) is 6.48. The van der Waals surface area contributed by atoms with E-state index < -0.39 is 0 Å². The van der Waals surface area contributed by atoms with Crippen molar-refractivity contribution in [2.24, 2.45) is 14.1 Å². The van der Waals surface area contributed by atoms with Gasteiger partial charge in [0.2, 0.25) is 0 Å². The summed E-state index contributed by atoms with van der Waals surface area (Å²) in [6.45, 7) is 4.78. The van der Waals surface area contributed by atoms with Crippen LogP contribution >= 0.6 is 0 Å². The first-order valence-electron chi connectivity index (χ1n) is 8.52. The third kappa shape index (κ3) is 3.73. The van der Waals surface area contributed by atoms with Gasteiger partial charge in [-0.3, -0.25) is 23.6 Å². The SMILES string of the molecule is CCn1ncc(C(=O)Nc2cnn(C)c2C(=O)NCc2cnn(C)c2)c1C. The average Bonchev–Trinajstić information content (AvgIpc) is 3.32. The second kappa shape index (κ2) is 7.44. The Balaban J connectivity index is 1.74. The van der Waals surface area contributed by atoms with Crippen LogP contribution in [-0.4, -0.2) is 41.2 Å². The fourth-order valence-electron chi connectivity index (χ4n) is 2.81. The molecule has 0 aromatic carbocycles. The minimum Gasteiger partial charge on any atom is -0.346 e. The predicted molar refractivity (Wildman–Crippen MR) is 98.2 cm³/mol. The zero-order chi connectivity index (χ0) is 19.6. The van der Waals surface area contributed by atoms with Crippen LogP contribution in [0.1, 0.15) is 39.0 Å². The van der Waals surface area contributed by atoms with Gasteiger partial charge in [-0.05, 0) is 13.8 Å². The monoisotopic (exact) mass is 370 g/mol. The number of amides is 2. The van der Waals surface area contributed by atoms with Crippen LogP contribution in [0.2, 0.25) is 0 Å². The maximum atomic E-state index is 12.6. The summed E-state index contributed by atoms with van der Waals surface area (Å²) in [6, 6.07) is 0. The van der Waals surface area contributed by atoms with Gasteiger partial charge in [-0.15, -0.1) is 0 Å². The predicted octanol–water partition coefficient (Wildman–Crippen LogP) is 0.861. The molecular formula is C17H22N8O2. The maximum Gasteiger partial charge on any atom is 0.271 e. The number of carbonyl (C=O) groups excluding carboxylic acids is 2. The van der Waals surface area contributed by atoms with E-state index in [0.29, 0.717) is 24.3 Å². The summed E-state index contributed by atoms with van der Waals surface area (Å²) >= 11 is 0. The second-order valence-corrected chi connectivity index (χ2v) is 6.15. The topological polar surface area (TPSA) is 112 Å². The molecule has 10 heteroatoms. The molecule has 10 nitrogen and oxygen atoms in total. The second-order valence-electron chi connectivity index (χ2n) is 6.15. The van der Waals surface area contributed by atoms with E-state index in [4.69, 9.17) is 0 Å². The number of carbonyl (C=O) groups is 2. The van der Waals surface area contributed by atoms with E-state index in [1.807, 2.05) is 27.1 Å². The molecule has 0 atom stereocenters. The molecule has 0 unspecified atom stereocenters. The molecule has 3 heterocycles. The van der Waals surface area contributed by atoms with Gasteiger partial charge in [0.15, 0.2) is 0 Å². The molecule has 2 amide bonds. The number of aryl methyl sites for hydroxylation is 3. The van der Waals surface area contributed by atoms with E-state index in [1.165, 1.54) is 17.1 Å². The van der Waals surface area contributed by atoms with Gasteiger partial charge in [0.25, 0.3) is 11.8 Å². The van der Waals surface area contributed by atoms with E-state index in [2.05, 4.69) is 25.9 Å².